The molecule has 144 valence electrons. The number of amides is 1. The molecular formula is C23H24N2O3. The van der Waals surface area contributed by atoms with Gasteiger partial charge in [-0.25, -0.2) is 0 Å². The molecule has 0 radical (unpaired) electrons. The zero-order valence-corrected chi connectivity index (χ0v) is 16.4. The standard InChI is InChI=1S/C23H24N2O3/c1-16(26)17-8-10-18(11-9-17)21-12-13-22(28-21)23(27)24-14-19-6-4-5-7-20(19)15-25(2)3/h4-13H,14-15H2,1-3H3,(H,24,27). The molecule has 1 amide bonds. The lowest BCUT2D eigenvalue weighted by Gasteiger charge is -2.14. The number of hydrogen-bond donors (Lipinski definition) is 1. The summed E-state index contributed by atoms with van der Waals surface area (Å²) in [6.45, 7) is 2.78. The summed E-state index contributed by atoms with van der Waals surface area (Å²) in [5.74, 6) is 0.607. The van der Waals surface area contributed by atoms with Crippen molar-refractivity contribution in [2.75, 3.05) is 14.1 Å². The van der Waals surface area contributed by atoms with Gasteiger partial charge in [0.05, 0.1) is 0 Å². The summed E-state index contributed by atoms with van der Waals surface area (Å²) in [7, 11) is 4.03. The van der Waals surface area contributed by atoms with Gasteiger partial charge in [0.2, 0.25) is 0 Å². The van der Waals surface area contributed by atoms with Gasteiger partial charge in [0, 0.05) is 24.2 Å². The summed E-state index contributed by atoms with van der Waals surface area (Å²) in [6, 6.07) is 18.6. The molecule has 0 spiro atoms. The summed E-state index contributed by atoms with van der Waals surface area (Å²) in [5.41, 5.74) is 3.72. The van der Waals surface area contributed by atoms with Gasteiger partial charge in [-0.1, -0.05) is 48.5 Å². The molecular weight excluding hydrogens is 352 g/mol. The van der Waals surface area contributed by atoms with Crippen LogP contribution in [0.5, 0.6) is 0 Å². The van der Waals surface area contributed by atoms with Crippen LogP contribution in [0.25, 0.3) is 11.3 Å². The molecule has 0 aliphatic carbocycles. The zero-order valence-electron chi connectivity index (χ0n) is 16.4. The molecule has 0 atom stereocenters. The fourth-order valence-corrected chi connectivity index (χ4v) is 2.97. The molecule has 0 unspecified atom stereocenters. The molecule has 28 heavy (non-hydrogen) atoms. The second-order valence-electron chi connectivity index (χ2n) is 6.99. The van der Waals surface area contributed by atoms with Crippen LogP contribution in [0.15, 0.2) is 65.1 Å². The maximum atomic E-state index is 12.5. The molecule has 1 heterocycles. The minimum Gasteiger partial charge on any atom is -0.451 e. The second-order valence-corrected chi connectivity index (χ2v) is 6.99. The first-order chi connectivity index (χ1) is 13.4. The third-order valence-corrected chi connectivity index (χ3v) is 4.45. The largest absolute Gasteiger partial charge is 0.451 e. The first-order valence-electron chi connectivity index (χ1n) is 9.15. The Morgan fingerprint density at radius 2 is 1.61 bits per heavy atom. The molecule has 1 N–H and O–H groups in total. The van der Waals surface area contributed by atoms with Crippen molar-refractivity contribution in [2.45, 2.75) is 20.0 Å². The molecule has 0 bridgehead atoms. The lowest BCUT2D eigenvalue weighted by molar-refractivity contribution is 0.0923. The predicted octanol–water partition coefficient (Wildman–Crippen LogP) is 4.14. The summed E-state index contributed by atoms with van der Waals surface area (Å²) in [6.07, 6.45) is 0. The van der Waals surface area contributed by atoms with Gasteiger partial charge >= 0.3 is 0 Å². The van der Waals surface area contributed by atoms with Crippen molar-refractivity contribution >= 4 is 11.7 Å². The Morgan fingerprint density at radius 1 is 0.929 bits per heavy atom. The lowest BCUT2D eigenvalue weighted by Crippen LogP contribution is -2.23. The van der Waals surface area contributed by atoms with Crippen LogP contribution in [-0.4, -0.2) is 30.7 Å². The van der Waals surface area contributed by atoms with Crippen LogP contribution in [-0.2, 0) is 13.1 Å². The van der Waals surface area contributed by atoms with Crippen LogP contribution < -0.4 is 5.32 Å². The van der Waals surface area contributed by atoms with Crippen molar-refractivity contribution in [3.8, 4) is 11.3 Å². The average Bonchev–Trinajstić information content (AvgIpc) is 3.17. The van der Waals surface area contributed by atoms with E-state index in [9.17, 15) is 9.59 Å². The highest BCUT2D eigenvalue weighted by atomic mass is 16.3. The third kappa shape index (κ3) is 4.75. The van der Waals surface area contributed by atoms with Gasteiger partial charge in [0.25, 0.3) is 5.91 Å². The second kappa shape index (κ2) is 8.67. The van der Waals surface area contributed by atoms with Crippen molar-refractivity contribution in [3.63, 3.8) is 0 Å². The summed E-state index contributed by atoms with van der Waals surface area (Å²) in [5, 5.41) is 2.92. The van der Waals surface area contributed by atoms with E-state index in [1.165, 1.54) is 12.5 Å². The molecule has 2 aromatic carbocycles. The van der Waals surface area contributed by atoms with Gasteiger partial charge in [0.1, 0.15) is 5.76 Å². The van der Waals surface area contributed by atoms with E-state index in [2.05, 4.69) is 16.3 Å². The number of carbonyl (C=O) groups excluding carboxylic acids is 2. The van der Waals surface area contributed by atoms with Crippen LogP contribution in [0.3, 0.4) is 0 Å². The van der Waals surface area contributed by atoms with Crippen LogP contribution >= 0.6 is 0 Å². The molecule has 0 aliphatic heterocycles. The number of ketones is 1. The minimum absolute atomic E-state index is 0.0145. The maximum absolute atomic E-state index is 12.5. The van der Waals surface area contributed by atoms with Crippen molar-refractivity contribution < 1.29 is 14.0 Å². The van der Waals surface area contributed by atoms with Gasteiger partial charge in [0.15, 0.2) is 11.5 Å². The number of furan rings is 1. The smallest absolute Gasteiger partial charge is 0.287 e. The molecule has 0 saturated heterocycles. The van der Waals surface area contributed by atoms with E-state index < -0.39 is 0 Å². The van der Waals surface area contributed by atoms with Gasteiger partial charge in [-0.15, -0.1) is 0 Å². The number of nitrogens with zero attached hydrogens (tertiary/aromatic N) is 1. The number of carbonyl (C=O) groups is 2. The molecule has 5 heteroatoms. The van der Waals surface area contributed by atoms with Crippen LogP contribution in [0.2, 0.25) is 0 Å². The van der Waals surface area contributed by atoms with E-state index in [4.69, 9.17) is 4.42 Å². The first-order valence-corrected chi connectivity index (χ1v) is 9.15. The van der Waals surface area contributed by atoms with Crippen LogP contribution in [0, 0.1) is 0 Å². The molecule has 3 aromatic rings. The van der Waals surface area contributed by atoms with Crippen LogP contribution in [0.4, 0.5) is 0 Å². The Hall–Kier alpha value is -3.18. The fourth-order valence-electron chi connectivity index (χ4n) is 2.97. The number of benzene rings is 2. The van der Waals surface area contributed by atoms with Crippen molar-refractivity contribution in [2.24, 2.45) is 0 Å². The molecule has 0 saturated carbocycles. The maximum Gasteiger partial charge on any atom is 0.287 e. The quantitative estimate of drug-likeness (QED) is 0.630. The van der Waals surface area contributed by atoms with Gasteiger partial charge in [-0.2, -0.15) is 0 Å². The highest BCUT2D eigenvalue weighted by molar-refractivity contribution is 5.94. The van der Waals surface area contributed by atoms with E-state index >= 15 is 0 Å². The van der Waals surface area contributed by atoms with Gasteiger partial charge < -0.3 is 14.6 Å². The highest BCUT2D eigenvalue weighted by Crippen LogP contribution is 2.23. The molecule has 0 aliphatic rings. The van der Waals surface area contributed by atoms with Gasteiger partial charge in [-0.05, 0) is 44.3 Å². The summed E-state index contributed by atoms with van der Waals surface area (Å²) >= 11 is 0. The minimum atomic E-state index is -0.258. The van der Waals surface area contributed by atoms with E-state index in [1.54, 1.807) is 24.3 Å². The topological polar surface area (TPSA) is 62.6 Å². The average molecular weight is 376 g/mol. The van der Waals surface area contributed by atoms with E-state index in [-0.39, 0.29) is 17.5 Å². The molecule has 3 rings (SSSR count). The first kappa shape index (κ1) is 19.6. The van der Waals surface area contributed by atoms with Crippen molar-refractivity contribution in [1.82, 2.24) is 10.2 Å². The lowest BCUT2D eigenvalue weighted by atomic mass is 10.1. The fraction of sp³-hybridized carbons (Fsp3) is 0.217. The Kier molecular flexibility index (Phi) is 6.06. The number of rotatable bonds is 7. The Balaban J connectivity index is 1.67. The third-order valence-electron chi connectivity index (χ3n) is 4.45. The van der Waals surface area contributed by atoms with Crippen LogP contribution in [0.1, 0.15) is 39.0 Å². The van der Waals surface area contributed by atoms with Gasteiger partial charge in [-0.3, -0.25) is 9.59 Å². The molecule has 1 aromatic heterocycles. The Labute approximate surface area is 165 Å². The Bertz CT molecular complexity index is 972. The Morgan fingerprint density at radius 3 is 2.25 bits per heavy atom. The van der Waals surface area contributed by atoms with E-state index in [1.807, 2.05) is 44.4 Å². The molecule has 5 nitrogen and oxygen atoms in total. The monoisotopic (exact) mass is 376 g/mol. The van der Waals surface area contributed by atoms with E-state index in [0.717, 1.165) is 17.7 Å². The number of Topliss-reactive ketones (excluding diaryl/α,β-unsaturated/α-hetero) is 1. The molecule has 0 fully saturated rings. The zero-order chi connectivity index (χ0) is 20.1. The van der Waals surface area contributed by atoms with Crippen molar-refractivity contribution in [1.29, 1.82) is 0 Å². The summed E-state index contributed by atoms with van der Waals surface area (Å²) in [4.78, 5) is 26.0. The normalized spacial score (nSPS) is 10.9. The number of hydrogen-bond acceptors (Lipinski definition) is 4. The number of nitrogens with one attached hydrogen (secondary N) is 1. The predicted molar refractivity (Wildman–Crippen MR) is 109 cm³/mol. The van der Waals surface area contributed by atoms with E-state index in [0.29, 0.717) is 17.9 Å². The highest BCUT2D eigenvalue weighted by Gasteiger charge is 2.13. The van der Waals surface area contributed by atoms with Crippen molar-refractivity contribution in [3.05, 3.63) is 83.1 Å². The summed E-state index contributed by atoms with van der Waals surface area (Å²) < 4.78 is 5.71. The SMILES string of the molecule is CC(=O)c1ccc(-c2ccc(C(=O)NCc3ccccc3CN(C)C)o2)cc1.